The van der Waals surface area contributed by atoms with Crippen LogP contribution < -0.4 is 10.2 Å². The molecule has 1 aromatic carbocycles. The molecule has 1 N–H and O–H groups in total. The van der Waals surface area contributed by atoms with E-state index in [4.69, 9.17) is 14.6 Å². The number of ether oxygens (including phenoxy) is 1. The molecule has 1 fully saturated rings. The standard InChI is InChI=1S/C22H32FN7O2/c1-16(2)15-31-19-6-5-17(20(23)11-19)13-30(14-18-12-24-29(4)26-18)21-25-22(32-27-21)7-9-28(3)10-8-22/h5-6,11-12,16H,7-10,13-15H2,1-4H3,(H,25,27). The molecule has 9 nitrogen and oxygen atoms in total. The number of guanidine groups is 1. The molecule has 0 atom stereocenters. The summed E-state index contributed by atoms with van der Waals surface area (Å²) in [5.41, 5.74) is 3.73. The number of likely N-dealkylation sites (tertiary alicyclic amines) is 1. The molecular formula is C22H32FN7O2. The molecule has 32 heavy (non-hydrogen) atoms. The van der Waals surface area contributed by atoms with Crippen molar-refractivity contribution in [2.45, 2.75) is 45.5 Å². The van der Waals surface area contributed by atoms with Crippen LogP contribution in [0.15, 0.2) is 29.4 Å². The highest BCUT2D eigenvalue weighted by Gasteiger charge is 2.41. The van der Waals surface area contributed by atoms with Crippen molar-refractivity contribution in [2.24, 2.45) is 18.0 Å². The molecule has 1 saturated heterocycles. The molecule has 0 radical (unpaired) electrons. The molecule has 1 spiro atoms. The Morgan fingerprint density at radius 2 is 2.03 bits per heavy atom. The first-order chi connectivity index (χ1) is 15.3. The SMILES string of the molecule is CC(C)COc1ccc(CN(Cc2cnn(C)n2)C2=NC3(CCN(C)CC3)ON2)c(F)c1. The lowest BCUT2D eigenvalue weighted by molar-refractivity contribution is -0.0875. The highest BCUT2D eigenvalue weighted by molar-refractivity contribution is 5.80. The lowest BCUT2D eigenvalue weighted by Gasteiger charge is -2.33. The zero-order valence-corrected chi connectivity index (χ0v) is 19.2. The maximum atomic E-state index is 14.9. The van der Waals surface area contributed by atoms with Crippen molar-refractivity contribution in [3.63, 3.8) is 0 Å². The van der Waals surface area contributed by atoms with E-state index in [1.165, 1.54) is 10.9 Å². The van der Waals surface area contributed by atoms with Crippen molar-refractivity contribution in [3.05, 3.63) is 41.5 Å². The Labute approximate surface area is 188 Å². The number of benzene rings is 1. The second kappa shape index (κ2) is 9.41. The zero-order chi connectivity index (χ0) is 22.7. The molecule has 0 saturated carbocycles. The van der Waals surface area contributed by atoms with Gasteiger partial charge in [-0.1, -0.05) is 19.9 Å². The number of aromatic nitrogens is 3. The minimum atomic E-state index is -0.574. The van der Waals surface area contributed by atoms with E-state index in [1.807, 2.05) is 4.90 Å². The van der Waals surface area contributed by atoms with Crippen LogP contribution in [-0.4, -0.2) is 63.2 Å². The number of piperidine rings is 1. The van der Waals surface area contributed by atoms with Crippen LogP contribution in [-0.2, 0) is 25.0 Å². The third kappa shape index (κ3) is 5.36. The van der Waals surface area contributed by atoms with Gasteiger partial charge in [-0.25, -0.2) is 19.7 Å². The van der Waals surface area contributed by atoms with E-state index in [0.717, 1.165) is 31.6 Å². The lowest BCUT2D eigenvalue weighted by Crippen LogP contribution is -2.43. The fourth-order valence-electron chi connectivity index (χ4n) is 3.77. The number of nitrogens with one attached hydrogen (secondary N) is 1. The number of aliphatic imine (C=N–C) groups is 1. The van der Waals surface area contributed by atoms with Crippen LogP contribution >= 0.6 is 0 Å². The zero-order valence-electron chi connectivity index (χ0n) is 19.2. The van der Waals surface area contributed by atoms with Crippen molar-refractivity contribution >= 4 is 5.96 Å². The van der Waals surface area contributed by atoms with Gasteiger partial charge in [-0.05, 0) is 19.0 Å². The summed E-state index contributed by atoms with van der Waals surface area (Å²) in [5, 5.41) is 8.52. The largest absolute Gasteiger partial charge is 0.493 e. The fraction of sp³-hybridized carbons (Fsp3) is 0.591. The Morgan fingerprint density at radius 3 is 2.69 bits per heavy atom. The second-order valence-corrected chi connectivity index (χ2v) is 9.03. The van der Waals surface area contributed by atoms with Gasteiger partial charge in [-0.15, -0.1) is 0 Å². The molecule has 3 heterocycles. The summed E-state index contributed by atoms with van der Waals surface area (Å²) in [6.07, 6.45) is 3.30. The van der Waals surface area contributed by atoms with Gasteiger partial charge in [0.05, 0.1) is 19.3 Å². The van der Waals surface area contributed by atoms with Gasteiger partial charge in [0.1, 0.15) is 17.3 Å². The van der Waals surface area contributed by atoms with Crippen LogP contribution in [0.25, 0.3) is 0 Å². The topological polar surface area (TPSA) is 80.0 Å². The number of hydrogen-bond acceptors (Lipinski definition) is 8. The van der Waals surface area contributed by atoms with E-state index in [2.05, 4.69) is 41.5 Å². The van der Waals surface area contributed by atoms with Gasteiger partial charge in [-0.2, -0.15) is 15.0 Å². The normalized spacial score (nSPS) is 18.1. The van der Waals surface area contributed by atoms with E-state index < -0.39 is 5.72 Å². The van der Waals surface area contributed by atoms with Crippen molar-refractivity contribution in [1.29, 1.82) is 0 Å². The second-order valence-electron chi connectivity index (χ2n) is 9.03. The minimum absolute atomic E-state index is 0.304. The van der Waals surface area contributed by atoms with Crippen LogP contribution in [0.3, 0.4) is 0 Å². The predicted molar refractivity (Wildman–Crippen MR) is 118 cm³/mol. The first-order valence-corrected chi connectivity index (χ1v) is 11.1. The Bertz CT molecular complexity index is 954. The van der Waals surface area contributed by atoms with Gasteiger partial charge in [0.25, 0.3) is 0 Å². The highest BCUT2D eigenvalue weighted by atomic mass is 19.1. The molecule has 174 valence electrons. The molecule has 2 aliphatic rings. The number of nitrogens with zero attached hydrogens (tertiary/aromatic N) is 6. The molecule has 4 rings (SSSR count). The van der Waals surface area contributed by atoms with Gasteiger partial charge >= 0.3 is 0 Å². The van der Waals surface area contributed by atoms with Crippen LogP contribution in [0.5, 0.6) is 5.75 Å². The van der Waals surface area contributed by atoms with E-state index >= 15 is 0 Å². The summed E-state index contributed by atoms with van der Waals surface area (Å²) in [7, 11) is 3.86. The Balaban J connectivity index is 1.54. The van der Waals surface area contributed by atoms with Crippen LogP contribution in [0.4, 0.5) is 4.39 Å². The molecule has 0 bridgehead atoms. The summed E-state index contributed by atoms with van der Waals surface area (Å²) >= 11 is 0. The van der Waals surface area contributed by atoms with Crippen LogP contribution in [0.2, 0.25) is 0 Å². The van der Waals surface area contributed by atoms with Crippen molar-refractivity contribution in [1.82, 2.24) is 30.3 Å². The number of hydrogen-bond donors (Lipinski definition) is 1. The summed E-state index contributed by atoms with van der Waals surface area (Å²) in [5.74, 6) is 1.17. The highest BCUT2D eigenvalue weighted by Crippen LogP contribution is 2.30. The predicted octanol–water partition coefficient (Wildman–Crippen LogP) is 2.30. The first-order valence-electron chi connectivity index (χ1n) is 11.1. The first kappa shape index (κ1) is 22.5. The number of halogens is 1. The quantitative estimate of drug-likeness (QED) is 0.701. The van der Waals surface area contributed by atoms with E-state index in [1.54, 1.807) is 25.4 Å². The maximum Gasteiger partial charge on any atom is 0.222 e. The number of aryl methyl sites for hydroxylation is 1. The Morgan fingerprint density at radius 1 is 1.25 bits per heavy atom. The fourth-order valence-corrected chi connectivity index (χ4v) is 3.77. The lowest BCUT2D eigenvalue weighted by atomic mass is 10.0. The molecule has 2 aliphatic heterocycles. The van der Waals surface area contributed by atoms with Crippen LogP contribution in [0, 0.1) is 11.7 Å². The van der Waals surface area contributed by atoms with E-state index in [0.29, 0.717) is 42.9 Å². The van der Waals surface area contributed by atoms with Crippen molar-refractivity contribution < 1.29 is 14.0 Å². The van der Waals surface area contributed by atoms with Crippen molar-refractivity contribution in [2.75, 3.05) is 26.7 Å². The third-order valence-electron chi connectivity index (χ3n) is 5.68. The maximum absolute atomic E-state index is 14.9. The number of rotatable bonds is 7. The monoisotopic (exact) mass is 445 g/mol. The smallest absolute Gasteiger partial charge is 0.222 e. The Kier molecular flexibility index (Phi) is 6.61. The Hall–Kier alpha value is -2.72. The minimum Gasteiger partial charge on any atom is -0.493 e. The average Bonchev–Trinajstić information content (AvgIpc) is 3.36. The molecule has 0 aliphatic carbocycles. The molecule has 1 aromatic heterocycles. The van der Waals surface area contributed by atoms with Gasteiger partial charge in [0.15, 0.2) is 5.72 Å². The van der Waals surface area contributed by atoms with Gasteiger partial charge in [0.2, 0.25) is 5.96 Å². The summed E-state index contributed by atoms with van der Waals surface area (Å²) < 4.78 is 20.6. The van der Waals surface area contributed by atoms with E-state index in [9.17, 15) is 4.39 Å². The molecule has 0 amide bonds. The average molecular weight is 446 g/mol. The number of hydroxylamine groups is 1. The van der Waals surface area contributed by atoms with Crippen LogP contribution in [0.1, 0.15) is 37.9 Å². The molecule has 10 heteroatoms. The molecular weight excluding hydrogens is 413 g/mol. The van der Waals surface area contributed by atoms with E-state index in [-0.39, 0.29) is 5.82 Å². The molecule has 0 unspecified atom stereocenters. The van der Waals surface area contributed by atoms with Gasteiger partial charge < -0.3 is 14.5 Å². The summed E-state index contributed by atoms with van der Waals surface area (Å²) in [6, 6.07) is 5.01. The van der Waals surface area contributed by atoms with Gasteiger partial charge in [-0.3, -0.25) is 0 Å². The molecule has 2 aromatic rings. The van der Waals surface area contributed by atoms with Gasteiger partial charge in [0, 0.05) is 51.2 Å². The summed E-state index contributed by atoms with van der Waals surface area (Å²) in [4.78, 5) is 16.5. The summed E-state index contributed by atoms with van der Waals surface area (Å²) in [6.45, 7) is 7.21. The third-order valence-corrected chi connectivity index (χ3v) is 5.68. The van der Waals surface area contributed by atoms with Crippen molar-refractivity contribution in [3.8, 4) is 5.75 Å².